The molecule has 2 saturated heterocycles. The Morgan fingerprint density at radius 1 is 1.05 bits per heavy atom. The van der Waals surface area contributed by atoms with E-state index < -0.39 is 28.9 Å². The van der Waals surface area contributed by atoms with Crippen LogP contribution in [0, 0.1) is 17.2 Å². The number of pyridine rings is 1. The van der Waals surface area contributed by atoms with Crippen LogP contribution in [-0.4, -0.2) is 50.0 Å². The Labute approximate surface area is 236 Å². The number of carbonyl (C=O) groups excluding carboxylic acids is 1. The van der Waals surface area contributed by atoms with E-state index >= 15 is 0 Å². The van der Waals surface area contributed by atoms with Crippen LogP contribution in [0.25, 0.3) is 0 Å². The second kappa shape index (κ2) is 8.45. The third-order valence-corrected chi connectivity index (χ3v) is 9.55. The highest BCUT2D eigenvalue weighted by molar-refractivity contribution is 5.95. The van der Waals surface area contributed by atoms with Crippen LogP contribution in [0.1, 0.15) is 36.9 Å². The Balaban J connectivity index is 0.957. The fourth-order valence-electron chi connectivity index (χ4n) is 7.55. The van der Waals surface area contributed by atoms with Crippen molar-refractivity contribution in [2.24, 2.45) is 11.3 Å². The van der Waals surface area contributed by atoms with Crippen molar-refractivity contribution in [3.05, 3.63) is 70.2 Å². The van der Waals surface area contributed by atoms with Crippen LogP contribution < -0.4 is 20.1 Å². The number of fused-ring (bicyclic) bond motifs is 3. The maximum atomic E-state index is 14.7. The van der Waals surface area contributed by atoms with Crippen LogP contribution in [0.2, 0.25) is 0 Å². The summed E-state index contributed by atoms with van der Waals surface area (Å²) in [6.07, 6.45) is 0.622. The molecular weight excluding hydrogens is 558 g/mol. The topological polar surface area (TPSA) is 89.8 Å². The number of alkyl halides is 3. The van der Waals surface area contributed by atoms with Crippen molar-refractivity contribution in [1.29, 1.82) is 0 Å². The first-order valence-electron chi connectivity index (χ1n) is 13.9. The van der Waals surface area contributed by atoms with E-state index in [1.54, 1.807) is 6.07 Å². The number of benzene rings is 1. The quantitative estimate of drug-likeness (QED) is 0.387. The summed E-state index contributed by atoms with van der Waals surface area (Å²) in [5.41, 5.74) is -1.71. The van der Waals surface area contributed by atoms with Gasteiger partial charge in [-0.1, -0.05) is 6.07 Å². The number of piperazine rings is 1. The lowest BCUT2D eigenvalue weighted by atomic mass is 9.44. The van der Waals surface area contributed by atoms with E-state index in [-0.39, 0.29) is 42.5 Å². The van der Waals surface area contributed by atoms with Crippen molar-refractivity contribution in [3.63, 3.8) is 0 Å². The van der Waals surface area contributed by atoms with Crippen molar-refractivity contribution >= 4 is 11.7 Å². The zero-order valence-electron chi connectivity index (χ0n) is 22.2. The molecular formula is C29H25F4N5O4. The van der Waals surface area contributed by atoms with Gasteiger partial charge in [0, 0.05) is 37.8 Å². The van der Waals surface area contributed by atoms with Crippen LogP contribution in [-0.2, 0) is 24.1 Å². The fourth-order valence-corrected chi connectivity index (χ4v) is 7.55. The highest BCUT2D eigenvalue weighted by Crippen LogP contribution is 2.65. The Morgan fingerprint density at radius 3 is 2.57 bits per heavy atom. The van der Waals surface area contributed by atoms with Gasteiger partial charge in [0.1, 0.15) is 29.4 Å². The van der Waals surface area contributed by atoms with Gasteiger partial charge in [0.15, 0.2) is 11.6 Å². The summed E-state index contributed by atoms with van der Waals surface area (Å²) in [5.74, 6) is 0.302. The van der Waals surface area contributed by atoms with Crippen LogP contribution >= 0.6 is 0 Å². The molecule has 0 radical (unpaired) electrons. The van der Waals surface area contributed by atoms with Crippen LogP contribution in [0.5, 0.6) is 17.4 Å². The zero-order valence-corrected chi connectivity index (χ0v) is 22.2. The summed E-state index contributed by atoms with van der Waals surface area (Å²) < 4.78 is 66.1. The first kappa shape index (κ1) is 25.5. The van der Waals surface area contributed by atoms with Gasteiger partial charge in [-0.2, -0.15) is 18.2 Å². The third-order valence-electron chi connectivity index (χ3n) is 9.55. The minimum absolute atomic E-state index is 0.0569. The standard InChI is InChI=1S/C29H25F4N5O4/c30-20-5-16(1-2-21(20)42-19-3-4-34-22(6-19)29(31,32)33)13-41-23-7-24-37(26(40)35-23)15-28-11-18(12-38(24)28)36(25(28)39)14-27-8-17(9-27)10-27/h1-7,17-18H,8-15H2/t17?,18-,27?,28+/m0/s1. The molecule has 2 aromatic heterocycles. The van der Waals surface area contributed by atoms with E-state index in [0.29, 0.717) is 35.8 Å². The first-order chi connectivity index (χ1) is 20.0. The average Bonchev–Trinajstić information content (AvgIpc) is 3.51. The molecule has 4 bridgehead atoms. The molecule has 5 heterocycles. The maximum Gasteiger partial charge on any atom is 0.433 e. The summed E-state index contributed by atoms with van der Waals surface area (Å²) in [6, 6.07) is 7.57. The summed E-state index contributed by atoms with van der Waals surface area (Å²) in [7, 11) is 0. The fraction of sp³-hybridized carbons (Fsp3) is 0.448. The average molecular weight is 584 g/mol. The second-order valence-electron chi connectivity index (χ2n) is 12.3. The van der Waals surface area contributed by atoms with E-state index in [1.807, 2.05) is 4.90 Å². The van der Waals surface area contributed by atoms with Crippen LogP contribution in [0.15, 0.2) is 47.4 Å². The number of hydrogen-bond acceptors (Lipinski definition) is 7. The Morgan fingerprint density at radius 2 is 1.86 bits per heavy atom. The van der Waals surface area contributed by atoms with Crippen LogP contribution in [0.3, 0.4) is 0 Å². The van der Waals surface area contributed by atoms with Gasteiger partial charge >= 0.3 is 11.9 Å². The van der Waals surface area contributed by atoms with Crippen molar-refractivity contribution < 1.29 is 31.8 Å². The molecule has 5 fully saturated rings. The lowest BCUT2D eigenvalue weighted by Crippen LogP contribution is -2.63. The van der Waals surface area contributed by atoms with E-state index in [1.165, 1.54) is 42.0 Å². The number of ether oxygens (including phenoxy) is 2. The SMILES string of the molecule is O=C1N(CC23CC(C2)C3)[C@@H]2CN3c4cc(OCc5ccc(Oc6ccnc(C(F)(F)F)c6)c(F)c5)nc(=O)n4C[C@]13C2. The van der Waals surface area contributed by atoms with Crippen molar-refractivity contribution in [2.45, 2.75) is 56.6 Å². The van der Waals surface area contributed by atoms with E-state index in [0.717, 1.165) is 24.7 Å². The number of nitrogens with zero attached hydrogens (tertiary/aromatic N) is 5. The molecule has 6 aliphatic rings. The molecule has 1 spiro atoms. The number of anilines is 1. The lowest BCUT2D eigenvalue weighted by Gasteiger charge is -2.63. The van der Waals surface area contributed by atoms with Gasteiger partial charge in [-0.15, -0.1) is 0 Å². The molecule has 3 aliphatic carbocycles. The smallest absolute Gasteiger partial charge is 0.433 e. The highest BCUT2D eigenvalue weighted by atomic mass is 19.4. The number of rotatable bonds is 7. The number of hydrogen-bond donors (Lipinski definition) is 0. The lowest BCUT2D eigenvalue weighted by molar-refractivity contribution is -0.153. The molecule has 0 unspecified atom stereocenters. The van der Waals surface area contributed by atoms with Crippen molar-refractivity contribution in [1.82, 2.24) is 19.4 Å². The van der Waals surface area contributed by atoms with E-state index in [2.05, 4.69) is 14.9 Å². The molecule has 0 N–H and O–H groups in total. The first-order valence-corrected chi connectivity index (χ1v) is 13.9. The third kappa shape index (κ3) is 3.74. The number of aromatic nitrogens is 3. The van der Waals surface area contributed by atoms with E-state index in [4.69, 9.17) is 9.47 Å². The number of carbonyl (C=O) groups is 1. The van der Waals surface area contributed by atoms with Crippen molar-refractivity contribution in [2.75, 3.05) is 18.0 Å². The predicted octanol–water partition coefficient (Wildman–Crippen LogP) is 4.14. The molecule has 13 heteroatoms. The van der Waals surface area contributed by atoms with Crippen molar-refractivity contribution in [3.8, 4) is 17.4 Å². The van der Waals surface area contributed by atoms with Gasteiger partial charge in [0.25, 0.3) is 5.91 Å². The molecule has 3 saturated carbocycles. The minimum atomic E-state index is -4.66. The molecule has 3 aromatic rings. The summed E-state index contributed by atoms with van der Waals surface area (Å²) in [4.78, 5) is 38.0. The molecule has 3 aliphatic heterocycles. The largest absolute Gasteiger partial charge is 0.473 e. The van der Waals surface area contributed by atoms with Gasteiger partial charge < -0.3 is 19.3 Å². The Hall–Kier alpha value is -4.16. The predicted molar refractivity (Wildman–Crippen MR) is 139 cm³/mol. The highest BCUT2D eigenvalue weighted by Gasteiger charge is 2.67. The molecule has 1 aromatic carbocycles. The monoisotopic (exact) mass is 583 g/mol. The van der Waals surface area contributed by atoms with Gasteiger partial charge in [0.05, 0.1) is 12.6 Å². The minimum Gasteiger partial charge on any atom is -0.473 e. The van der Waals surface area contributed by atoms with Gasteiger partial charge in [-0.25, -0.2) is 9.18 Å². The molecule has 9 nitrogen and oxygen atoms in total. The van der Waals surface area contributed by atoms with Gasteiger partial charge in [-0.3, -0.25) is 14.3 Å². The summed E-state index contributed by atoms with van der Waals surface area (Å²) >= 11 is 0. The molecule has 1 amide bonds. The van der Waals surface area contributed by atoms with Crippen LogP contribution in [0.4, 0.5) is 23.4 Å². The maximum absolute atomic E-state index is 14.7. The number of likely N-dealkylation sites (tertiary alicyclic amines) is 1. The molecule has 42 heavy (non-hydrogen) atoms. The normalized spacial score (nSPS) is 28.3. The van der Waals surface area contributed by atoms with E-state index in [9.17, 15) is 27.2 Å². The zero-order chi connectivity index (χ0) is 29.0. The van der Waals surface area contributed by atoms with Gasteiger partial charge in [-0.05, 0) is 54.4 Å². The second-order valence-corrected chi connectivity index (χ2v) is 12.3. The number of halogens is 4. The Bertz CT molecular complexity index is 1690. The Kier molecular flexibility index (Phi) is 5.14. The summed E-state index contributed by atoms with van der Waals surface area (Å²) in [5, 5.41) is 0. The molecule has 2 atom stereocenters. The molecule has 218 valence electrons. The molecule has 9 rings (SSSR count). The van der Waals surface area contributed by atoms with Gasteiger partial charge in [0.2, 0.25) is 5.88 Å². The summed E-state index contributed by atoms with van der Waals surface area (Å²) in [6.45, 7) is 1.62. The number of amides is 1.